The van der Waals surface area contributed by atoms with Gasteiger partial charge in [-0.15, -0.1) is 0 Å². The fourth-order valence-corrected chi connectivity index (χ4v) is 3.75. The van der Waals surface area contributed by atoms with Gasteiger partial charge < -0.3 is 15.0 Å². The zero-order chi connectivity index (χ0) is 18.5. The first-order valence-corrected chi connectivity index (χ1v) is 9.03. The fraction of sp³-hybridized carbons (Fsp3) is 0.526. The number of imidazole rings is 1. The molecule has 3 heterocycles. The van der Waals surface area contributed by atoms with E-state index in [4.69, 9.17) is 4.74 Å². The molecule has 4 rings (SSSR count). The smallest absolute Gasteiger partial charge is 0.410 e. The van der Waals surface area contributed by atoms with Crippen molar-refractivity contribution in [3.63, 3.8) is 0 Å². The number of nitrogens with one attached hydrogen (secondary N) is 1. The molecule has 1 aliphatic heterocycles. The van der Waals surface area contributed by atoms with Crippen molar-refractivity contribution in [3.8, 4) is 0 Å². The maximum absolute atomic E-state index is 12.6. The summed E-state index contributed by atoms with van der Waals surface area (Å²) in [7, 11) is 0. The molecule has 3 unspecified atom stereocenters. The van der Waals surface area contributed by atoms with Crippen molar-refractivity contribution < 1.29 is 14.3 Å². The Morgan fingerprint density at radius 3 is 2.92 bits per heavy atom. The number of fused-ring (bicyclic) bond motifs is 2. The lowest BCUT2D eigenvalue weighted by atomic mass is 10.2. The predicted molar refractivity (Wildman–Crippen MR) is 95.9 cm³/mol. The monoisotopic (exact) mass is 356 g/mol. The molecule has 2 amide bonds. The topological polar surface area (TPSA) is 75.9 Å². The van der Waals surface area contributed by atoms with Crippen LogP contribution < -0.4 is 5.32 Å². The minimum Gasteiger partial charge on any atom is -0.444 e. The number of pyridine rings is 1. The van der Waals surface area contributed by atoms with Crippen molar-refractivity contribution in [1.29, 1.82) is 0 Å². The highest BCUT2D eigenvalue weighted by molar-refractivity contribution is 5.93. The van der Waals surface area contributed by atoms with Gasteiger partial charge in [-0.2, -0.15) is 0 Å². The van der Waals surface area contributed by atoms with E-state index in [0.717, 1.165) is 18.6 Å². The van der Waals surface area contributed by atoms with Gasteiger partial charge >= 0.3 is 6.09 Å². The number of hydrogen-bond donors (Lipinski definition) is 1. The van der Waals surface area contributed by atoms with E-state index in [0.29, 0.717) is 24.1 Å². The average molecular weight is 356 g/mol. The lowest BCUT2D eigenvalue weighted by Crippen LogP contribution is -2.47. The van der Waals surface area contributed by atoms with Crippen LogP contribution in [0.4, 0.5) is 4.79 Å². The Bertz CT molecular complexity index is 854. The van der Waals surface area contributed by atoms with Gasteiger partial charge in [-0.05, 0) is 51.2 Å². The van der Waals surface area contributed by atoms with Gasteiger partial charge in [-0.3, -0.25) is 9.20 Å². The Labute approximate surface area is 152 Å². The van der Waals surface area contributed by atoms with Crippen LogP contribution in [0.5, 0.6) is 0 Å². The average Bonchev–Trinajstić information content (AvgIpc) is 3.06. The molecule has 0 aromatic carbocycles. The van der Waals surface area contributed by atoms with Crippen LogP contribution in [0.25, 0.3) is 5.65 Å². The second kappa shape index (κ2) is 6.00. The van der Waals surface area contributed by atoms with E-state index >= 15 is 0 Å². The summed E-state index contributed by atoms with van der Waals surface area (Å²) in [5, 5.41) is 2.97. The highest BCUT2D eigenvalue weighted by atomic mass is 16.6. The van der Waals surface area contributed by atoms with Gasteiger partial charge in [-0.1, -0.05) is 6.07 Å². The van der Waals surface area contributed by atoms with Crippen molar-refractivity contribution in [1.82, 2.24) is 19.6 Å². The standard InChI is InChI=1S/C19H24N4O3/c1-19(2,3)26-18(25)23-11-12-8-13(12)14(23)9-21-17(24)15-10-20-16-6-4-5-7-22(15)16/h4-7,10,12-14H,8-9,11H2,1-3H3,(H,21,24). The summed E-state index contributed by atoms with van der Waals surface area (Å²) in [6.45, 7) is 6.74. The predicted octanol–water partition coefficient (Wildman–Crippen LogP) is 2.32. The molecule has 0 bridgehead atoms. The van der Waals surface area contributed by atoms with E-state index in [2.05, 4.69) is 10.3 Å². The molecule has 1 saturated heterocycles. The van der Waals surface area contributed by atoms with Crippen LogP contribution in [0.15, 0.2) is 30.6 Å². The number of piperidine rings is 1. The number of hydrogen-bond acceptors (Lipinski definition) is 4. The Morgan fingerprint density at radius 2 is 2.15 bits per heavy atom. The Balaban J connectivity index is 1.43. The van der Waals surface area contributed by atoms with E-state index in [9.17, 15) is 9.59 Å². The van der Waals surface area contributed by atoms with E-state index < -0.39 is 5.60 Å². The van der Waals surface area contributed by atoms with Crippen LogP contribution in [0.3, 0.4) is 0 Å². The van der Waals surface area contributed by atoms with Gasteiger partial charge in [0.25, 0.3) is 5.91 Å². The van der Waals surface area contributed by atoms with E-state index in [-0.39, 0.29) is 18.0 Å². The van der Waals surface area contributed by atoms with Gasteiger partial charge in [0.05, 0.1) is 12.2 Å². The van der Waals surface area contributed by atoms with Gasteiger partial charge in [0.1, 0.15) is 16.9 Å². The molecular formula is C19H24N4O3. The minimum atomic E-state index is -0.520. The maximum Gasteiger partial charge on any atom is 0.410 e. The van der Waals surface area contributed by atoms with Gasteiger partial charge in [0.2, 0.25) is 0 Å². The van der Waals surface area contributed by atoms with Crippen LogP contribution in [0.2, 0.25) is 0 Å². The Hall–Kier alpha value is -2.57. The Kier molecular flexibility index (Phi) is 3.89. The number of carbonyl (C=O) groups is 2. The van der Waals surface area contributed by atoms with Gasteiger partial charge in [0.15, 0.2) is 0 Å². The first kappa shape index (κ1) is 16.9. The van der Waals surface area contributed by atoms with Crippen molar-refractivity contribution in [2.75, 3.05) is 13.1 Å². The van der Waals surface area contributed by atoms with Crippen molar-refractivity contribution in [2.24, 2.45) is 11.8 Å². The molecule has 1 saturated carbocycles. The summed E-state index contributed by atoms with van der Waals surface area (Å²) in [6.07, 6.45) is 4.22. The van der Waals surface area contributed by atoms with E-state index in [1.807, 2.05) is 45.2 Å². The minimum absolute atomic E-state index is 0.00187. The van der Waals surface area contributed by atoms with Crippen LogP contribution in [0, 0.1) is 11.8 Å². The lowest BCUT2D eigenvalue weighted by Gasteiger charge is -2.30. The fourth-order valence-electron chi connectivity index (χ4n) is 3.75. The van der Waals surface area contributed by atoms with E-state index in [1.165, 1.54) is 0 Å². The second-order valence-electron chi connectivity index (χ2n) is 8.14. The highest BCUT2D eigenvalue weighted by Gasteiger charge is 2.54. The lowest BCUT2D eigenvalue weighted by molar-refractivity contribution is 0.0192. The number of ether oxygens (including phenoxy) is 1. The van der Waals surface area contributed by atoms with Crippen molar-refractivity contribution >= 4 is 17.6 Å². The Morgan fingerprint density at radius 1 is 1.35 bits per heavy atom. The first-order valence-electron chi connectivity index (χ1n) is 9.03. The molecule has 2 aromatic heterocycles. The van der Waals surface area contributed by atoms with Crippen molar-refractivity contribution in [3.05, 3.63) is 36.3 Å². The maximum atomic E-state index is 12.6. The highest BCUT2D eigenvalue weighted by Crippen LogP contribution is 2.49. The summed E-state index contributed by atoms with van der Waals surface area (Å²) >= 11 is 0. The van der Waals surface area contributed by atoms with Gasteiger partial charge in [-0.25, -0.2) is 9.78 Å². The van der Waals surface area contributed by atoms with Crippen LogP contribution in [-0.2, 0) is 4.74 Å². The number of rotatable bonds is 3. The molecule has 2 aliphatic rings. The first-order chi connectivity index (χ1) is 12.3. The molecular weight excluding hydrogens is 332 g/mol. The molecule has 7 heteroatoms. The molecule has 2 fully saturated rings. The quantitative estimate of drug-likeness (QED) is 0.916. The summed E-state index contributed by atoms with van der Waals surface area (Å²) in [4.78, 5) is 31.1. The molecule has 2 aromatic rings. The summed E-state index contributed by atoms with van der Waals surface area (Å²) in [6, 6.07) is 5.60. The largest absolute Gasteiger partial charge is 0.444 e. The number of aromatic nitrogens is 2. The summed E-state index contributed by atoms with van der Waals surface area (Å²) in [5.74, 6) is 0.821. The SMILES string of the molecule is CC(C)(C)OC(=O)N1CC2CC2C1CNC(=O)c1cnc2ccccn12. The van der Waals surface area contributed by atoms with Crippen molar-refractivity contribution in [2.45, 2.75) is 38.8 Å². The van der Waals surface area contributed by atoms with Crippen LogP contribution >= 0.6 is 0 Å². The molecule has 0 spiro atoms. The zero-order valence-electron chi connectivity index (χ0n) is 15.3. The van der Waals surface area contributed by atoms with Gasteiger partial charge in [0, 0.05) is 19.3 Å². The summed E-state index contributed by atoms with van der Waals surface area (Å²) < 4.78 is 7.28. The third-order valence-corrected chi connectivity index (χ3v) is 5.05. The number of carbonyl (C=O) groups excluding carboxylic acids is 2. The van der Waals surface area contributed by atoms with Crippen LogP contribution in [0.1, 0.15) is 37.7 Å². The zero-order valence-corrected chi connectivity index (χ0v) is 15.3. The third-order valence-electron chi connectivity index (χ3n) is 5.05. The molecule has 7 nitrogen and oxygen atoms in total. The number of nitrogens with zero attached hydrogens (tertiary/aromatic N) is 3. The van der Waals surface area contributed by atoms with E-state index in [1.54, 1.807) is 15.5 Å². The third kappa shape index (κ3) is 3.13. The molecule has 1 aliphatic carbocycles. The molecule has 1 N–H and O–H groups in total. The molecule has 26 heavy (non-hydrogen) atoms. The number of likely N-dealkylation sites (tertiary alicyclic amines) is 1. The molecule has 0 radical (unpaired) electrons. The summed E-state index contributed by atoms with van der Waals surface area (Å²) in [5.41, 5.74) is 0.708. The number of amides is 2. The van der Waals surface area contributed by atoms with Crippen LogP contribution in [-0.4, -0.2) is 51.0 Å². The molecule has 138 valence electrons. The molecule has 3 atom stereocenters. The second-order valence-corrected chi connectivity index (χ2v) is 8.14. The normalized spacial score (nSPS) is 24.4.